The Labute approximate surface area is 120 Å². The van der Waals surface area contributed by atoms with Crippen LogP contribution >= 0.6 is 11.6 Å². The van der Waals surface area contributed by atoms with E-state index in [1.54, 1.807) is 0 Å². The molecule has 2 aromatic carbocycles. The Hall–Kier alpha value is -1.05. The van der Waals surface area contributed by atoms with Crippen LogP contribution in [-0.4, -0.2) is 11.9 Å². The molecule has 2 atom stereocenters. The minimum absolute atomic E-state index is 0.375. The molecule has 0 heterocycles. The summed E-state index contributed by atoms with van der Waals surface area (Å²) in [5.74, 6) is 0.650. The van der Waals surface area contributed by atoms with E-state index in [9.17, 15) is 0 Å². The second kappa shape index (κ2) is 5.94. The minimum atomic E-state index is 0.375. The first-order valence-corrected chi connectivity index (χ1v) is 7.59. The molecule has 1 nitrogen and oxygen atoms in total. The summed E-state index contributed by atoms with van der Waals surface area (Å²) in [4.78, 5) is 0. The molecule has 1 saturated carbocycles. The number of hydrogen-bond donors (Lipinski definition) is 1. The summed E-state index contributed by atoms with van der Waals surface area (Å²) in [5, 5.41) is 6.63. The van der Waals surface area contributed by atoms with Crippen molar-refractivity contribution in [3.8, 4) is 0 Å². The van der Waals surface area contributed by atoms with E-state index in [0.29, 0.717) is 11.3 Å². The SMILES string of the molecule is ClC1CCCC1CNCc1cccc2ccccc12. The zero-order chi connectivity index (χ0) is 13.1. The fourth-order valence-electron chi connectivity index (χ4n) is 3.06. The molecule has 0 aromatic heterocycles. The lowest BCUT2D eigenvalue weighted by atomic mass is 10.0. The summed E-state index contributed by atoms with van der Waals surface area (Å²) in [6.45, 7) is 1.97. The molecule has 0 bridgehead atoms. The van der Waals surface area contributed by atoms with Crippen molar-refractivity contribution in [3.05, 3.63) is 48.0 Å². The van der Waals surface area contributed by atoms with Crippen LogP contribution in [0.15, 0.2) is 42.5 Å². The van der Waals surface area contributed by atoms with Crippen molar-refractivity contribution in [2.24, 2.45) is 5.92 Å². The number of rotatable bonds is 4. The lowest BCUT2D eigenvalue weighted by Gasteiger charge is -2.15. The maximum Gasteiger partial charge on any atom is 0.0376 e. The highest BCUT2D eigenvalue weighted by atomic mass is 35.5. The second-order valence-electron chi connectivity index (χ2n) is 5.48. The van der Waals surface area contributed by atoms with E-state index in [2.05, 4.69) is 47.8 Å². The molecule has 0 radical (unpaired) electrons. The van der Waals surface area contributed by atoms with Crippen LogP contribution in [0, 0.1) is 5.92 Å². The van der Waals surface area contributed by atoms with Gasteiger partial charge in [-0.1, -0.05) is 48.9 Å². The van der Waals surface area contributed by atoms with Gasteiger partial charge in [0.2, 0.25) is 0 Å². The average molecular weight is 274 g/mol. The first kappa shape index (κ1) is 13.0. The van der Waals surface area contributed by atoms with E-state index >= 15 is 0 Å². The van der Waals surface area contributed by atoms with Gasteiger partial charge in [0.1, 0.15) is 0 Å². The van der Waals surface area contributed by atoms with Gasteiger partial charge in [-0.05, 0) is 41.6 Å². The summed E-state index contributed by atoms with van der Waals surface area (Å²) >= 11 is 6.32. The largest absolute Gasteiger partial charge is 0.312 e. The van der Waals surface area contributed by atoms with Crippen LogP contribution in [0.2, 0.25) is 0 Å². The second-order valence-corrected chi connectivity index (χ2v) is 6.04. The molecule has 1 fully saturated rings. The Bertz CT molecular complexity index is 546. The first-order valence-electron chi connectivity index (χ1n) is 7.16. The lowest BCUT2D eigenvalue weighted by Crippen LogP contribution is -2.25. The van der Waals surface area contributed by atoms with E-state index in [-0.39, 0.29) is 0 Å². The Morgan fingerprint density at radius 3 is 2.74 bits per heavy atom. The molecular weight excluding hydrogens is 254 g/mol. The smallest absolute Gasteiger partial charge is 0.0376 e. The van der Waals surface area contributed by atoms with Gasteiger partial charge >= 0.3 is 0 Å². The van der Waals surface area contributed by atoms with Crippen molar-refractivity contribution in [1.82, 2.24) is 5.32 Å². The number of fused-ring (bicyclic) bond motifs is 1. The van der Waals surface area contributed by atoms with Gasteiger partial charge in [-0.15, -0.1) is 11.6 Å². The highest BCUT2D eigenvalue weighted by Gasteiger charge is 2.24. The van der Waals surface area contributed by atoms with Gasteiger partial charge in [0.15, 0.2) is 0 Å². The zero-order valence-corrected chi connectivity index (χ0v) is 11.9. The van der Waals surface area contributed by atoms with Crippen molar-refractivity contribution in [1.29, 1.82) is 0 Å². The average Bonchev–Trinajstić information content (AvgIpc) is 2.85. The molecule has 0 amide bonds. The fraction of sp³-hybridized carbons (Fsp3) is 0.412. The molecule has 1 aliphatic rings. The van der Waals surface area contributed by atoms with Gasteiger partial charge < -0.3 is 5.32 Å². The Morgan fingerprint density at radius 1 is 1.05 bits per heavy atom. The molecule has 0 saturated heterocycles. The maximum absolute atomic E-state index is 6.32. The standard InChI is InChI=1S/C17H20ClN/c18-17-10-4-8-15(17)12-19-11-14-7-3-6-13-5-1-2-9-16(13)14/h1-3,5-7,9,15,17,19H,4,8,10-12H2. The van der Waals surface area contributed by atoms with Crippen LogP contribution in [0.1, 0.15) is 24.8 Å². The van der Waals surface area contributed by atoms with Crippen LogP contribution in [0.3, 0.4) is 0 Å². The molecular formula is C17H20ClN. The van der Waals surface area contributed by atoms with E-state index < -0.39 is 0 Å². The van der Waals surface area contributed by atoms with Crippen molar-refractivity contribution in [2.75, 3.05) is 6.54 Å². The molecule has 3 rings (SSSR count). The molecule has 0 aliphatic heterocycles. The molecule has 1 aliphatic carbocycles. The van der Waals surface area contributed by atoms with E-state index in [1.807, 2.05) is 0 Å². The summed E-state index contributed by atoms with van der Waals surface area (Å²) < 4.78 is 0. The zero-order valence-electron chi connectivity index (χ0n) is 11.1. The van der Waals surface area contributed by atoms with Gasteiger partial charge in [-0.3, -0.25) is 0 Å². The van der Waals surface area contributed by atoms with Crippen LogP contribution in [0.25, 0.3) is 10.8 Å². The van der Waals surface area contributed by atoms with Gasteiger partial charge in [0.25, 0.3) is 0 Å². The third-order valence-electron chi connectivity index (χ3n) is 4.17. The van der Waals surface area contributed by atoms with Gasteiger partial charge in [0, 0.05) is 11.9 Å². The summed E-state index contributed by atoms with van der Waals surface area (Å²) in [6.07, 6.45) is 3.74. The Kier molecular flexibility index (Phi) is 4.05. The molecule has 100 valence electrons. The highest BCUT2D eigenvalue weighted by Crippen LogP contribution is 2.29. The number of halogens is 1. The van der Waals surface area contributed by atoms with E-state index in [1.165, 1.54) is 35.6 Å². The highest BCUT2D eigenvalue weighted by molar-refractivity contribution is 6.20. The summed E-state index contributed by atoms with van der Waals surface area (Å²) in [7, 11) is 0. The van der Waals surface area contributed by atoms with Crippen LogP contribution < -0.4 is 5.32 Å². The molecule has 2 heteroatoms. The Morgan fingerprint density at radius 2 is 1.89 bits per heavy atom. The summed E-state index contributed by atoms with van der Waals surface area (Å²) in [5.41, 5.74) is 1.38. The monoisotopic (exact) mass is 273 g/mol. The van der Waals surface area contributed by atoms with E-state index in [4.69, 9.17) is 11.6 Å². The minimum Gasteiger partial charge on any atom is -0.312 e. The number of alkyl halides is 1. The van der Waals surface area contributed by atoms with Crippen LogP contribution in [-0.2, 0) is 6.54 Å². The number of benzene rings is 2. The molecule has 19 heavy (non-hydrogen) atoms. The van der Waals surface area contributed by atoms with Gasteiger partial charge in [-0.2, -0.15) is 0 Å². The van der Waals surface area contributed by atoms with Crippen LogP contribution in [0.4, 0.5) is 0 Å². The quantitative estimate of drug-likeness (QED) is 0.818. The Balaban J connectivity index is 1.65. The van der Waals surface area contributed by atoms with E-state index in [0.717, 1.165) is 13.1 Å². The lowest BCUT2D eigenvalue weighted by molar-refractivity contribution is 0.494. The van der Waals surface area contributed by atoms with Crippen molar-refractivity contribution < 1.29 is 0 Å². The fourth-order valence-corrected chi connectivity index (χ4v) is 3.43. The van der Waals surface area contributed by atoms with Gasteiger partial charge in [-0.25, -0.2) is 0 Å². The molecule has 2 aromatic rings. The van der Waals surface area contributed by atoms with Crippen molar-refractivity contribution in [2.45, 2.75) is 31.2 Å². The van der Waals surface area contributed by atoms with Crippen molar-refractivity contribution in [3.63, 3.8) is 0 Å². The molecule has 2 unspecified atom stereocenters. The normalized spacial score (nSPS) is 23.0. The predicted molar refractivity (Wildman–Crippen MR) is 82.6 cm³/mol. The third kappa shape index (κ3) is 2.93. The predicted octanol–water partition coefficient (Wildman–Crippen LogP) is 4.34. The molecule has 1 N–H and O–H groups in total. The molecule has 0 spiro atoms. The first-order chi connectivity index (χ1) is 9.34. The third-order valence-corrected chi connectivity index (χ3v) is 4.74. The van der Waals surface area contributed by atoms with Crippen LogP contribution in [0.5, 0.6) is 0 Å². The van der Waals surface area contributed by atoms with Crippen molar-refractivity contribution >= 4 is 22.4 Å². The number of nitrogens with one attached hydrogen (secondary N) is 1. The topological polar surface area (TPSA) is 12.0 Å². The maximum atomic E-state index is 6.32. The number of hydrogen-bond acceptors (Lipinski definition) is 1. The summed E-state index contributed by atoms with van der Waals surface area (Å²) in [6, 6.07) is 15.1. The van der Waals surface area contributed by atoms with Gasteiger partial charge in [0.05, 0.1) is 0 Å².